The van der Waals surface area contributed by atoms with Crippen LogP contribution in [0.15, 0.2) is 23.8 Å². The molecule has 1 amide bonds. The summed E-state index contributed by atoms with van der Waals surface area (Å²) in [6.45, 7) is 4.93. The molecule has 5 atom stereocenters. The molecule has 2 fully saturated rings. The van der Waals surface area contributed by atoms with Gasteiger partial charge in [-0.2, -0.15) is 0 Å². The minimum atomic E-state index is -0.396. The quantitative estimate of drug-likeness (QED) is 0.431. The molecule has 0 aromatic rings. The van der Waals surface area contributed by atoms with Crippen LogP contribution in [0.1, 0.15) is 64.7 Å². The number of aliphatic hydroxyl groups is 2. The predicted molar refractivity (Wildman–Crippen MR) is 114 cm³/mol. The van der Waals surface area contributed by atoms with Crippen LogP contribution in [0.5, 0.6) is 0 Å². The first kappa shape index (κ1) is 22.5. The summed E-state index contributed by atoms with van der Waals surface area (Å²) < 4.78 is 5.31. The Morgan fingerprint density at radius 2 is 2.10 bits per heavy atom. The number of hydrogen-bond acceptors (Lipinski definition) is 4. The number of rotatable bonds is 10. The number of nitrogens with zero attached hydrogens (tertiary/aromatic N) is 1. The Bertz CT molecular complexity index is 581. The lowest BCUT2D eigenvalue weighted by Gasteiger charge is -2.26. The third-order valence-corrected chi connectivity index (χ3v) is 6.86. The average molecular weight is 406 g/mol. The third-order valence-electron chi connectivity index (χ3n) is 6.86. The molecule has 1 aliphatic heterocycles. The molecule has 2 aliphatic carbocycles. The van der Waals surface area contributed by atoms with Crippen molar-refractivity contribution in [3.63, 3.8) is 0 Å². The van der Waals surface area contributed by atoms with Gasteiger partial charge in [0.15, 0.2) is 0 Å². The van der Waals surface area contributed by atoms with Gasteiger partial charge in [-0.15, -0.1) is 0 Å². The lowest BCUT2D eigenvalue weighted by atomic mass is 9.88. The Hall–Kier alpha value is -1.17. The van der Waals surface area contributed by atoms with Crippen LogP contribution in [-0.4, -0.2) is 59.5 Å². The van der Waals surface area contributed by atoms with E-state index < -0.39 is 6.10 Å². The molecular weight excluding hydrogens is 366 g/mol. The van der Waals surface area contributed by atoms with Gasteiger partial charge in [0.2, 0.25) is 5.91 Å². The van der Waals surface area contributed by atoms with Crippen LogP contribution >= 0.6 is 0 Å². The second-order valence-electron chi connectivity index (χ2n) is 9.03. The zero-order valence-corrected chi connectivity index (χ0v) is 18.0. The van der Waals surface area contributed by atoms with E-state index in [0.29, 0.717) is 31.5 Å². The lowest BCUT2D eigenvalue weighted by Crippen LogP contribution is -2.40. The Morgan fingerprint density at radius 1 is 1.31 bits per heavy atom. The lowest BCUT2D eigenvalue weighted by molar-refractivity contribution is -0.135. The molecule has 0 aromatic heterocycles. The van der Waals surface area contributed by atoms with Crippen LogP contribution < -0.4 is 0 Å². The fourth-order valence-electron chi connectivity index (χ4n) is 5.18. The number of unbranched alkanes of at least 4 members (excludes halogenated alkanes) is 2. The van der Waals surface area contributed by atoms with Crippen molar-refractivity contribution in [2.45, 2.75) is 76.9 Å². The van der Waals surface area contributed by atoms with E-state index in [2.05, 4.69) is 19.1 Å². The first-order valence-corrected chi connectivity index (χ1v) is 11.7. The zero-order chi connectivity index (χ0) is 20.6. The Balaban J connectivity index is 1.41. The van der Waals surface area contributed by atoms with Gasteiger partial charge in [0.05, 0.1) is 25.4 Å². The molecule has 2 N–H and O–H groups in total. The van der Waals surface area contributed by atoms with Gasteiger partial charge in [0, 0.05) is 25.4 Å². The summed E-state index contributed by atoms with van der Waals surface area (Å²) in [6.07, 6.45) is 14.2. The van der Waals surface area contributed by atoms with Crippen LogP contribution in [0.2, 0.25) is 0 Å². The van der Waals surface area contributed by atoms with Crippen molar-refractivity contribution in [3.05, 3.63) is 23.8 Å². The Labute approximate surface area is 175 Å². The van der Waals surface area contributed by atoms with E-state index in [1.54, 1.807) is 0 Å². The van der Waals surface area contributed by atoms with Crippen LogP contribution in [0.4, 0.5) is 0 Å². The topological polar surface area (TPSA) is 70.0 Å². The second kappa shape index (κ2) is 11.3. The molecule has 0 aromatic carbocycles. The molecule has 1 heterocycles. The van der Waals surface area contributed by atoms with Crippen molar-refractivity contribution in [3.8, 4) is 0 Å². The van der Waals surface area contributed by atoms with Gasteiger partial charge in [-0.3, -0.25) is 4.79 Å². The Morgan fingerprint density at radius 3 is 2.86 bits per heavy atom. The van der Waals surface area contributed by atoms with E-state index in [-0.39, 0.29) is 17.9 Å². The van der Waals surface area contributed by atoms with Gasteiger partial charge in [-0.05, 0) is 43.9 Å². The highest BCUT2D eigenvalue weighted by molar-refractivity contribution is 5.76. The summed E-state index contributed by atoms with van der Waals surface area (Å²) in [5, 5.41) is 20.6. The third kappa shape index (κ3) is 6.40. The number of morpholine rings is 1. The molecule has 0 bridgehead atoms. The highest BCUT2D eigenvalue weighted by atomic mass is 16.5. The van der Waals surface area contributed by atoms with E-state index in [4.69, 9.17) is 4.74 Å². The number of hydrogen-bond donors (Lipinski definition) is 2. The van der Waals surface area contributed by atoms with Crippen LogP contribution in [0.3, 0.4) is 0 Å². The average Bonchev–Trinajstić information content (AvgIpc) is 3.23. The molecule has 1 saturated heterocycles. The van der Waals surface area contributed by atoms with Crippen LogP contribution in [-0.2, 0) is 9.53 Å². The number of amides is 1. The van der Waals surface area contributed by atoms with Gasteiger partial charge in [0.25, 0.3) is 0 Å². The van der Waals surface area contributed by atoms with Crippen molar-refractivity contribution in [2.75, 3.05) is 26.3 Å². The molecule has 5 nitrogen and oxygen atoms in total. The van der Waals surface area contributed by atoms with Gasteiger partial charge in [-0.1, -0.05) is 50.0 Å². The zero-order valence-electron chi connectivity index (χ0n) is 18.0. The van der Waals surface area contributed by atoms with E-state index in [0.717, 1.165) is 64.5 Å². The normalized spacial score (nSPS) is 30.6. The standard InChI is InChI=1S/C24H39NO4/c1-2-3-4-7-20(26)9-10-21-22-16-18(15-19(22)17-23(21)27)6-5-8-24(28)25-11-13-29-14-12-25/h9-10,15,19-23,26-27H,2-8,11-14,16-17H2,1H3/t19-,20-,21+,22-,23+/m0/s1. The highest BCUT2D eigenvalue weighted by Crippen LogP contribution is 2.48. The second-order valence-corrected chi connectivity index (χ2v) is 9.03. The molecular formula is C24H39NO4. The van der Waals surface area contributed by atoms with Crippen LogP contribution in [0.25, 0.3) is 0 Å². The van der Waals surface area contributed by atoms with Gasteiger partial charge < -0.3 is 19.8 Å². The summed E-state index contributed by atoms with van der Waals surface area (Å²) in [5.74, 6) is 1.29. The van der Waals surface area contributed by atoms with Gasteiger partial charge in [-0.25, -0.2) is 0 Å². The maximum atomic E-state index is 12.3. The maximum Gasteiger partial charge on any atom is 0.222 e. The smallest absolute Gasteiger partial charge is 0.222 e. The summed E-state index contributed by atoms with van der Waals surface area (Å²) >= 11 is 0. The van der Waals surface area contributed by atoms with Gasteiger partial charge >= 0.3 is 0 Å². The largest absolute Gasteiger partial charge is 0.392 e. The van der Waals surface area contributed by atoms with E-state index in [9.17, 15) is 15.0 Å². The monoisotopic (exact) mass is 405 g/mol. The number of ether oxygens (including phenoxy) is 1. The molecule has 5 heteroatoms. The number of allylic oxidation sites excluding steroid dienone is 2. The first-order valence-electron chi connectivity index (χ1n) is 11.7. The molecule has 0 radical (unpaired) electrons. The molecule has 3 rings (SSSR count). The highest BCUT2D eigenvalue weighted by Gasteiger charge is 2.43. The van der Waals surface area contributed by atoms with Crippen LogP contribution in [0, 0.1) is 17.8 Å². The summed E-state index contributed by atoms with van der Waals surface area (Å²) in [4.78, 5) is 14.2. The summed E-state index contributed by atoms with van der Waals surface area (Å²) in [7, 11) is 0. The van der Waals surface area contributed by atoms with Gasteiger partial charge in [0.1, 0.15) is 0 Å². The number of aliphatic hydroxyl groups excluding tert-OH is 2. The minimum absolute atomic E-state index is 0.143. The molecule has 29 heavy (non-hydrogen) atoms. The first-order chi connectivity index (χ1) is 14.1. The van der Waals surface area contributed by atoms with Crippen molar-refractivity contribution in [1.29, 1.82) is 0 Å². The number of carbonyl (C=O) groups excluding carboxylic acids is 1. The van der Waals surface area contributed by atoms with E-state index in [1.165, 1.54) is 5.57 Å². The fraction of sp³-hybridized carbons (Fsp3) is 0.792. The maximum absolute atomic E-state index is 12.3. The van der Waals surface area contributed by atoms with Crippen molar-refractivity contribution in [2.24, 2.45) is 17.8 Å². The molecule has 0 spiro atoms. The van der Waals surface area contributed by atoms with E-state index in [1.807, 2.05) is 11.0 Å². The van der Waals surface area contributed by atoms with Crippen molar-refractivity contribution < 1.29 is 19.7 Å². The molecule has 1 saturated carbocycles. The molecule has 3 aliphatic rings. The number of fused-ring (bicyclic) bond motifs is 1. The SMILES string of the molecule is CCCCC[C@H](O)C=C[C@@H]1[C@H]2CC(CCCC(=O)N3CCOCC3)=C[C@H]2C[C@H]1O. The summed E-state index contributed by atoms with van der Waals surface area (Å²) in [5.41, 5.74) is 1.45. The molecule has 164 valence electrons. The van der Waals surface area contributed by atoms with Crippen molar-refractivity contribution in [1.82, 2.24) is 4.90 Å². The molecule has 0 unspecified atom stereocenters. The predicted octanol–water partition coefficient (Wildman–Crippen LogP) is 3.46. The summed E-state index contributed by atoms with van der Waals surface area (Å²) in [6, 6.07) is 0. The minimum Gasteiger partial charge on any atom is -0.392 e. The van der Waals surface area contributed by atoms with E-state index >= 15 is 0 Å². The number of carbonyl (C=O) groups is 1. The fourth-order valence-corrected chi connectivity index (χ4v) is 5.18. The van der Waals surface area contributed by atoms with Crippen molar-refractivity contribution >= 4 is 5.91 Å². The Kier molecular flexibility index (Phi) is 8.76.